The predicted molar refractivity (Wildman–Crippen MR) is 132 cm³/mol. The summed E-state index contributed by atoms with van der Waals surface area (Å²) in [7, 11) is 0. The van der Waals surface area contributed by atoms with E-state index in [9.17, 15) is 14.0 Å². The molecule has 1 heterocycles. The third-order valence-electron chi connectivity index (χ3n) is 5.36. The monoisotopic (exact) mass is 494 g/mol. The van der Waals surface area contributed by atoms with Crippen LogP contribution in [-0.4, -0.2) is 23.4 Å². The largest absolute Gasteiger partial charge is 0.490 e. The molecule has 1 aliphatic rings. The summed E-state index contributed by atoms with van der Waals surface area (Å²) in [4.78, 5) is 26.5. The molecule has 1 saturated heterocycles. The van der Waals surface area contributed by atoms with Crippen LogP contribution < -0.4 is 14.8 Å². The van der Waals surface area contributed by atoms with Gasteiger partial charge in [-0.1, -0.05) is 59.6 Å². The lowest BCUT2D eigenvalue weighted by Gasteiger charge is -2.15. The van der Waals surface area contributed by atoms with Crippen molar-refractivity contribution in [1.82, 2.24) is 10.2 Å². The second-order valence-corrected chi connectivity index (χ2v) is 8.42. The number of amides is 3. The van der Waals surface area contributed by atoms with Gasteiger partial charge in [0, 0.05) is 5.56 Å². The summed E-state index contributed by atoms with van der Waals surface area (Å²) in [6.45, 7) is 4.23. The second-order valence-electron chi connectivity index (χ2n) is 8.01. The maximum absolute atomic E-state index is 14.0. The summed E-state index contributed by atoms with van der Waals surface area (Å²) in [5.74, 6) is -0.211. The van der Waals surface area contributed by atoms with Gasteiger partial charge in [-0.05, 0) is 49.2 Å². The van der Waals surface area contributed by atoms with Gasteiger partial charge in [0.15, 0.2) is 11.5 Å². The lowest BCUT2D eigenvalue weighted by atomic mass is 10.1. The Bertz CT molecular complexity index is 1310. The van der Waals surface area contributed by atoms with E-state index in [-0.39, 0.29) is 35.4 Å². The zero-order chi connectivity index (χ0) is 24.9. The van der Waals surface area contributed by atoms with E-state index >= 15 is 0 Å². The number of hydrogen-bond donors (Lipinski definition) is 1. The molecule has 0 spiro atoms. The Balaban J connectivity index is 1.56. The average Bonchev–Trinajstić information content (AvgIpc) is 3.07. The van der Waals surface area contributed by atoms with Crippen molar-refractivity contribution in [2.24, 2.45) is 0 Å². The van der Waals surface area contributed by atoms with Crippen LogP contribution in [0.15, 0.2) is 66.4 Å². The van der Waals surface area contributed by atoms with Crippen molar-refractivity contribution in [2.75, 3.05) is 6.61 Å². The van der Waals surface area contributed by atoms with Crippen LogP contribution >= 0.6 is 11.6 Å². The molecule has 1 N–H and O–H groups in total. The van der Waals surface area contributed by atoms with E-state index in [1.54, 1.807) is 30.3 Å². The van der Waals surface area contributed by atoms with E-state index in [1.165, 1.54) is 12.1 Å². The first-order chi connectivity index (χ1) is 16.9. The molecule has 0 unspecified atom stereocenters. The predicted octanol–water partition coefficient (Wildman–Crippen LogP) is 5.86. The van der Waals surface area contributed by atoms with Crippen molar-refractivity contribution in [2.45, 2.75) is 27.0 Å². The Labute approximate surface area is 207 Å². The van der Waals surface area contributed by atoms with Gasteiger partial charge in [0.1, 0.15) is 18.1 Å². The van der Waals surface area contributed by atoms with Crippen molar-refractivity contribution >= 4 is 29.6 Å². The summed E-state index contributed by atoms with van der Waals surface area (Å²) in [5.41, 5.74) is 2.94. The molecule has 0 radical (unpaired) electrons. The quantitative estimate of drug-likeness (QED) is 0.314. The van der Waals surface area contributed by atoms with E-state index in [0.717, 1.165) is 16.0 Å². The molecule has 0 aliphatic carbocycles. The number of ether oxygens (including phenoxy) is 2. The number of nitrogens with zero attached hydrogens (tertiary/aromatic N) is 1. The lowest BCUT2D eigenvalue weighted by molar-refractivity contribution is -0.123. The number of benzene rings is 3. The number of aryl methyl sites for hydroxylation is 1. The first kappa shape index (κ1) is 24.3. The van der Waals surface area contributed by atoms with Crippen molar-refractivity contribution < 1.29 is 23.5 Å². The SMILES string of the molecule is CCOc1cc(/C=C2/NC(=O)N(Cc3cccc(C)c3)C2=O)cc(Cl)c1OCc1ccccc1F. The second kappa shape index (κ2) is 10.6. The number of carbonyl (C=O) groups excluding carboxylic acids is 2. The normalized spacial score (nSPS) is 14.4. The average molecular weight is 495 g/mol. The molecule has 35 heavy (non-hydrogen) atoms. The number of nitrogens with one attached hydrogen (secondary N) is 1. The van der Waals surface area contributed by atoms with Gasteiger partial charge in [0.25, 0.3) is 5.91 Å². The van der Waals surface area contributed by atoms with Crippen LogP contribution in [-0.2, 0) is 17.9 Å². The molecular formula is C27H24ClFN2O4. The van der Waals surface area contributed by atoms with Crippen LogP contribution in [0, 0.1) is 12.7 Å². The fourth-order valence-corrected chi connectivity index (χ4v) is 3.99. The Hall–Kier alpha value is -3.84. The number of carbonyl (C=O) groups is 2. The van der Waals surface area contributed by atoms with Gasteiger partial charge in [-0.15, -0.1) is 0 Å². The molecule has 1 aliphatic heterocycles. The molecule has 8 heteroatoms. The fraction of sp³-hybridized carbons (Fsp3) is 0.185. The van der Waals surface area contributed by atoms with Crippen LogP contribution in [0.4, 0.5) is 9.18 Å². The zero-order valence-corrected chi connectivity index (χ0v) is 20.1. The third kappa shape index (κ3) is 5.63. The van der Waals surface area contributed by atoms with Gasteiger partial charge in [-0.25, -0.2) is 9.18 Å². The third-order valence-corrected chi connectivity index (χ3v) is 5.64. The summed E-state index contributed by atoms with van der Waals surface area (Å²) in [5, 5.41) is 2.85. The molecule has 0 bridgehead atoms. The Kier molecular flexibility index (Phi) is 7.36. The van der Waals surface area contributed by atoms with Crippen molar-refractivity contribution in [3.63, 3.8) is 0 Å². The standard InChI is InChI=1S/C27H24ClFN2O4/c1-3-34-24-14-19(12-21(28)25(24)35-16-20-9-4-5-10-22(20)29)13-23-26(32)31(27(33)30-23)15-18-8-6-7-17(2)11-18/h4-14H,3,15-16H2,1-2H3,(H,30,33)/b23-13+. The summed E-state index contributed by atoms with van der Waals surface area (Å²) in [6.07, 6.45) is 1.53. The Morgan fingerprint density at radius 2 is 1.86 bits per heavy atom. The van der Waals surface area contributed by atoms with Gasteiger partial charge < -0.3 is 14.8 Å². The van der Waals surface area contributed by atoms with E-state index < -0.39 is 11.9 Å². The molecule has 4 rings (SSSR count). The Morgan fingerprint density at radius 3 is 2.60 bits per heavy atom. The summed E-state index contributed by atoms with van der Waals surface area (Å²) >= 11 is 6.47. The van der Waals surface area contributed by atoms with Gasteiger partial charge in [-0.2, -0.15) is 0 Å². The molecule has 0 saturated carbocycles. The van der Waals surface area contributed by atoms with E-state index in [0.29, 0.717) is 23.5 Å². The smallest absolute Gasteiger partial charge is 0.329 e. The summed E-state index contributed by atoms with van der Waals surface area (Å²) < 4.78 is 25.4. The van der Waals surface area contributed by atoms with Crippen LogP contribution in [0.2, 0.25) is 5.02 Å². The van der Waals surface area contributed by atoms with E-state index in [1.807, 2.05) is 38.1 Å². The fourth-order valence-electron chi connectivity index (χ4n) is 3.71. The highest BCUT2D eigenvalue weighted by Gasteiger charge is 2.33. The number of rotatable bonds is 8. The van der Waals surface area contributed by atoms with E-state index in [2.05, 4.69) is 5.32 Å². The van der Waals surface area contributed by atoms with Crippen LogP contribution in [0.3, 0.4) is 0 Å². The topological polar surface area (TPSA) is 67.9 Å². The highest BCUT2D eigenvalue weighted by atomic mass is 35.5. The number of urea groups is 1. The number of hydrogen-bond acceptors (Lipinski definition) is 4. The lowest BCUT2D eigenvalue weighted by Crippen LogP contribution is -2.30. The van der Waals surface area contributed by atoms with Gasteiger partial charge >= 0.3 is 6.03 Å². The molecular weight excluding hydrogens is 471 g/mol. The van der Waals surface area contributed by atoms with E-state index in [4.69, 9.17) is 21.1 Å². The highest BCUT2D eigenvalue weighted by Crippen LogP contribution is 2.38. The molecule has 3 aromatic rings. The highest BCUT2D eigenvalue weighted by molar-refractivity contribution is 6.32. The number of imide groups is 1. The first-order valence-electron chi connectivity index (χ1n) is 11.1. The molecule has 1 fully saturated rings. The maximum atomic E-state index is 14.0. The molecule has 3 aromatic carbocycles. The molecule has 3 amide bonds. The molecule has 180 valence electrons. The van der Waals surface area contributed by atoms with Crippen molar-refractivity contribution in [3.05, 3.63) is 99.5 Å². The minimum Gasteiger partial charge on any atom is -0.490 e. The van der Waals surface area contributed by atoms with Crippen LogP contribution in [0.25, 0.3) is 6.08 Å². The van der Waals surface area contributed by atoms with Gasteiger partial charge in [0.2, 0.25) is 0 Å². The molecule has 0 atom stereocenters. The van der Waals surface area contributed by atoms with Crippen molar-refractivity contribution in [3.8, 4) is 11.5 Å². The first-order valence-corrected chi connectivity index (χ1v) is 11.5. The van der Waals surface area contributed by atoms with Gasteiger partial charge in [0.05, 0.1) is 18.2 Å². The summed E-state index contributed by atoms with van der Waals surface area (Å²) in [6, 6.07) is 16.7. The molecule has 0 aromatic heterocycles. The van der Waals surface area contributed by atoms with Crippen molar-refractivity contribution in [1.29, 1.82) is 0 Å². The van der Waals surface area contributed by atoms with Gasteiger partial charge in [-0.3, -0.25) is 9.69 Å². The minimum absolute atomic E-state index is 0.0324. The molecule has 6 nitrogen and oxygen atoms in total. The zero-order valence-electron chi connectivity index (χ0n) is 19.3. The number of halogens is 2. The minimum atomic E-state index is -0.497. The van der Waals surface area contributed by atoms with Crippen LogP contribution in [0.5, 0.6) is 11.5 Å². The Morgan fingerprint density at radius 1 is 1.06 bits per heavy atom. The van der Waals surface area contributed by atoms with Crippen LogP contribution in [0.1, 0.15) is 29.2 Å². The maximum Gasteiger partial charge on any atom is 0.329 e.